The van der Waals surface area contributed by atoms with Crippen molar-refractivity contribution in [3.05, 3.63) is 59.7 Å². The molecule has 3 rings (SSSR count). The molecule has 1 aliphatic rings. The van der Waals surface area contributed by atoms with Crippen LogP contribution in [-0.4, -0.2) is 70.5 Å². The summed E-state index contributed by atoms with van der Waals surface area (Å²) in [5, 5.41) is 12.3. The summed E-state index contributed by atoms with van der Waals surface area (Å²) in [5.74, 6) is 1.58. The third-order valence-corrected chi connectivity index (χ3v) is 5.55. The molecule has 0 saturated carbocycles. The topological polar surface area (TPSA) is 86.0 Å². The fourth-order valence-electron chi connectivity index (χ4n) is 3.60. The summed E-state index contributed by atoms with van der Waals surface area (Å²) in [6, 6.07) is 14.8. The van der Waals surface area contributed by atoms with E-state index in [1.807, 2.05) is 53.8 Å². The maximum Gasteiger partial charge on any atom is 0.168 e. The van der Waals surface area contributed by atoms with Crippen molar-refractivity contribution >= 4 is 5.78 Å². The van der Waals surface area contributed by atoms with Gasteiger partial charge >= 0.3 is 0 Å². The van der Waals surface area contributed by atoms with Crippen LogP contribution in [0.3, 0.4) is 0 Å². The summed E-state index contributed by atoms with van der Waals surface area (Å²) in [6.07, 6.45) is -0.164. The van der Waals surface area contributed by atoms with Gasteiger partial charge in [-0.2, -0.15) is 0 Å². The summed E-state index contributed by atoms with van der Waals surface area (Å²) in [5.41, 5.74) is 1.51. The van der Waals surface area contributed by atoms with Gasteiger partial charge in [-0.15, -0.1) is 0 Å². The molecule has 2 aromatic carbocycles. The Morgan fingerprint density at radius 3 is 2.55 bits per heavy atom. The van der Waals surface area contributed by atoms with Crippen molar-refractivity contribution in [2.24, 2.45) is 0 Å². The molecule has 0 aliphatic carbocycles. The zero-order chi connectivity index (χ0) is 21.9. The van der Waals surface area contributed by atoms with E-state index in [1.165, 1.54) is 4.90 Å². The molecule has 4 N–H and O–H groups in total. The minimum absolute atomic E-state index is 0. The first-order chi connectivity index (χ1) is 15.2. The number of halogens is 2. The van der Waals surface area contributed by atoms with Gasteiger partial charge in [0.15, 0.2) is 5.78 Å². The fourth-order valence-corrected chi connectivity index (χ4v) is 3.60. The second-order valence-corrected chi connectivity index (χ2v) is 7.76. The Labute approximate surface area is 208 Å². The standard InChI is InChI=1S/C24H32N2O5.2ClH/c1-29-21-7-5-19(6-8-21)24(28)18-25-10-9-23(27)20-3-2-4-22(17-20)31-16-13-26-11-14-30-15-12-26;;/h2-8,17,24-25,28H,9-16,18H2,1H3;2*1H. The Balaban J connectivity index is 0.00000272. The molecule has 2 aromatic rings. The van der Waals surface area contributed by atoms with Gasteiger partial charge in [-0.25, -0.2) is 0 Å². The number of aliphatic hydroxyl groups is 1. The minimum Gasteiger partial charge on any atom is -1.00 e. The number of aliphatic hydroxyl groups excluding tert-OH is 1. The van der Waals surface area contributed by atoms with Crippen molar-refractivity contribution in [2.45, 2.75) is 12.5 Å². The number of carbonyl (C=O) groups excluding carboxylic acids is 1. The van der Waals surface area contributed by atoms with Crippen molar-refractivity contribution in [1.82, 2.24) is 0 Å². The molecular weight excluding hydrogens is 467 g/mol. The minimum atomic E-state index is -0.577. The van der Waals surface area contributed by atoms with Crippen molar-refractivity contribution in [1.29, 1.82) is 0 Å². The van der Waals surface area contributed by atoms with E-state index in [-0.39, 0.29) is 30.6 Å². The number of ether oxygens (including phenoxy) is 3. The predicted molar refractivity (Wildman–Crippen MR) is 117 cm³/mol. The van der Waals surface area contributed by atoms with E-state index in [4.69, 9.17) is 14.2 Å². The third-order valence-electron chi connectivity index (χ3n) is 5.55. The van der Waals surface area contributed by atoms with Crippen LogP contribution in [-0.2, 0) is 4.74 Å². The van der Waals surface area contributed by atoms with Crippen LogP contribution in [0.25, 0.3) is 0 Å². The predicted octanol–water partition coefficient (Wildman–Crippen LogP) is -6.13. The van der Waals surface area contributed by atoms with Crippen molar-refractivity contribution in [3.63, 3.8) is 0 Å². The Bertz CT molecular complexity index is 817. The number of Topliss-reactive ketones (excluding diaryl/α,β-unsaturated/α-hetero) is 1. The Morgan fingerprint density at radius 2 is 1.85 bits per heavy atom. The van der Waals surface area contributed by atoms with Crippen LogP contribution in [0, 0.1) is 0 Å². The van der Waals surface area contributed by atoms with Crippen molar-refractivity contribution in [3.8, 4) is 11.5 Å². The summed E-state index contributed by atoms with van der Waals surface area (Å²) < 4.78 is 16.4. The van der Waals surface area contributed by atoms with E-state index in [0.29, 0.717) is 31.7 Å². The number of nitrogens with two attached hydrogens (primary N) is 1. The van der Waals surface area contributed by atoms with Crippen LogP contribution >= 0.6 is 0 Å². The molecule has 9 heteroatoms. The molecule has 0 aromatic heterocycles. The summed E-state index contributed by atoms with van der Waals surface area (Å²) in [4.78, 5) is 14.0. The fraction of sp³-hybridized carbons (Fsp3) is 0.458. The third kappa shape index (κ3) is 9.88. The van der Waals surface area contributed by atoms with E-state index >= 15 is 0 Å². The SMILES string of the molecule is COc1ccc(C(O)C[NH2+]CCC(=O)c2cccc(OCC[NH+]3CCOCC3)c2)cc1.[Cl-].[Cl-]. The smallest absolute Gasteiger partial charge is 0.168 e. The molecule has 1 fully saturated rings. The van der Waals surface area contributed by atoms with E-state index < -0.39 is 6.10 Å². The van der Waals surface area contributed by atoms with E-state index in [9.17, 15) is 9.90 Å². The first-order valence-corrected chi connectivity index (χ1v) is 11.0. The zero-order valence-corrected chi connectivity index (χ0v) is 20.5. The Kier molecular flexibility index (Phi) is 14.0. The second-order valence-electron chi connectivity index (χ2n) is 7.76. The van der Waals surface area contributed by atoms with E-state index in [1.54, 1.807) is 7.11 Å². The van der Waals surface area contributed by atoms with Gasteiger partial charge in [0.1, 0.15) is 50.4 Å². The van der Waals surface area contributed by atoms with Gasteiger partial charge < -0.3 is 54.3 Å². The quantitative estimate of drug-likeness (QED) is 0.199. The molecule has 1 atom stereocenters. The highest BCUT2D eigenvalue weighted by Crippen LogP contribution is 2.16. The normalized spacial score (nSPS) is 14.5. The number of ketones is 1. The van der Waals surface area contributed by atoms with Gasteiger partial charge in [0.25, 0.3) is 0 Å². The average molecular weight is 501 g/mol. The number of methoxy groups -OCH3 is 1. The lowest BCUT2D eigenvalue weighted by molar-refractivity contribution is -0.908. The van der Waals surface area contributed by atoms with Gasteiger partial charge in [-0.05, 0) is 29.8 Å². The number of quaternary nitrogens is 2. The maximum atomic E-state index is 12.5. The lowest BCUT2D eigenvalue weighted by Crippen LogP contribution is -3.14. The largest absolute Gasteiger partial charge is 1.00 e. The van der Waals surface area contributed by atoms with Crippen molar-refractivity contribution < 1.29 is 59.1 Å². The number of rotatable bonds is 12. The molecule has 0 spiro atoms. The zero-order valence-electron chi connectivity index (χ0n) is 19.0. The summed E-state index contributed by atoms with van der Waals surface area (Å²) >= 11 is 0. The molecule has 0 amide bonds. The highest BCUT2D eigenvalue weighted by Gasteiger charge is 2.14. The van der Waals surface area contributed by atoms with Gasteiger partial charge in [-0.3, -0.25) is 4.79 Å². The molecule has 1 aliphatic heterocycles. The van der Waals surface area contributed by atoms with Gasteiger partial charge in [0.2, 0.25) is 0 Å². The van der Waals surface area contributed by atoms with Gasteiger partial charge in [0.05, 0.1) is 33.3 Å². The van der Waals surface area contributed by atoms with Gasteiger partial charge in [-0.1, -0.05) is 24.3 Å². The number of hydrogen-bond donors (Lipinski definition) is 3. The molecule has 0 bridgehead atoms. The highest BCUT2D eigenvalue weighted by molar-refractivity contribution is 5.96. The van der Waals surface area contributed by atoms with Crippen LogP contribution in [0.1, 0.15) is 28.4 Å². The lowest BCUT2D eigenvalue weighted by Gasteiger charge is -2.23. The number of nitrogens with one attached hydrogen (secondary N) is 1. The lowest BCUT2D eigenvalue weighted by atomic mass is 10.1. The monoisotopic (exact) mass is 500 g/mol. The first kappa shape index (κ1) is 29.2. The van der Waals surface area contributed by atoms with Crippen molar-refractivity contribution in [2.75, 3.05) is 59.7 Å². The van der Waals surface area contributed by atoms with Crippen LogP contribution < -0.4 is 44.5 Å². The van der Waals surface area contributed by atoms with Crippen LogP contribution in [0.15, 0.2) is 48.5 Å². The van der Waals surface area contributed by atoms with Crippen LogP contribution in [0.5, 0.6) is 11.5 Å². The van der Waals surface area contributed by atoms with Gasteiger partial charge in [0, 0.05) is 5.56 Å². The van der Waals surface area contributed by atoms with E-state index in [0.717, 1.165) is 49.9 Å². The summed E-state index contributed by atoms with van der Waals surface area (Å²) in [6.45, 7) is 6.36. The number of benzene rings is 2. The molecule has 7 nitrogen and oxygen atoms in total. The Morgan fingerprint density at radius 1 is 1.12 bits per heavy atom. The second kappa shape index (κ2) is 15.9. The van der Waals surface area contributed by atoms with Crippen LogP contribution in [0.2, 0.25) is 0 Å². The van der Waals surface area contributed by atoms with E-state index in [2.05, 4.69) is 0 Å². The average Bonchev–Trinajstić information content (AvgIpc) is 2.82. The number of hydrogen-bond acceptors (Lipinski definition) is 5. The van der Waals surface area contributed by atoms with Crippen LogP contribution in [0.4, 0.5) is 0 Å². The number of carbonyl (C=O) groups is 1. The highest BCUT2D eigenvalue weighted by atomic mass is 35.5. The molecule has 1 heterocycles. The molecule has 1 saturated heterocycles. The molecule has 184 valence electrons. The Hall–Kier alpha value is -1.87. The molecular formula is C24H34Cl2N2O5. The molecule has 0 radical (unpaired) electrons. The maximum absolute atomic E-state index is 12.5. The number of morpholine rings is 1. The molecule has 1 unspecified atom stereocenters. The summed E-state index contributed by atoms with van der Waals surface area (Å²) in [7, 11) is 1.62. The first-order valence-electron chi connectivity index (χ1n) is 11.0. The molecule has 33 heavy (non-hydrogen) atoms.